The number of hydrogen-bond acceptors (Lipinski definition) is 1. The average molecular weight is 174 g/mol. The van der Waals surface area contributed by atoms with Gasteiger partial charge in [0.05, 0.1) is 0 Å². The first-order valence-corrected chi connectivity index (χ1v) is 4.92. The second kappa shape index (κ2) is 3.73. The van der Waals surface area contributed by atoms with E-state index in [4.69, 9.17) is 0 Å². The van der Waals surface area contributed by atoms with E-state index in [-0.39, 0.29) is 5.92 Å². The molecular formula is C12H14O. The van der Waals surface area contributed by atoms with Crippen LogP contribution >= 0.6 is 0 Å². The standard InChI is InChI=1S/C12H14O/c13-12-9-5-8-11(12)10-6-3-1-2-4-7-10/h1-4,6-7,10-11H,5,8-9H2. The lowest BCUT2D eigenvalue weighted by Gasteiger charge is -2.13. The number of carbonyl (C=O) groups is 1. The minimum atomic E-state index is 0.257. The molecule has 1 unspecified atom stereocenters. The topological polar surface area (TPSA) is 17.1 Å². The summed E-state index contributed by atoms with van der Waals surface area (Å²) >= 11 is 0. The normalized spacial score (nSPS) is 28.3. The largest absolute Gasteiger partial charge is 0.299 e. The van der Waals surface area contributed by atoms with Crippen molar-refractivity contribution in [2.75, 3.05) is 0 Å². The Morgan fingerprint density at radius 1 is 1.08 bits per heavy atom. The van der Waals surface area contributed by atoms with Crippen LogP contribution in [0.1, 0.15) is 19.3 Å². The fourth-order valence-corrected chi connectivity index (χ4v) is 2.10. The van der Waals surface area contributed by atoms with Crippen LogP contribution in [0.25, 0.3) is 0 Å². The maximum atomic E-state index is 11.5. The summed E-state index contributed by atoms with van der Waals surface area (Å²) < 4.78 is 0. The second-order valence-electron chi connectivity index (χ2n) is 3.70. The SMILES string of the molecule is O=C1CCCC1C1C=CC=CC=C1. The average Bonchev–Trinajstić information content (AvgIpc) is 2.43. The lowest BCUT2D eigenvalue weighted by atomic mass is 9.90. The van der Waals surface area contributed by atoms with Crippen LogP contribution < -0.4 is 0 Å². The highest BCUT2D eigenvalue weighted by molar-refractivity contribution is 5.83. The molecule has 1 fully saturated rings. The maximum Gasteiger partial charge on any atom is 0.136 e. The molecule has 1 nitrogen and oxygen atoms in total. The van der Waals surface area contributed by atoms with E-state index in [0.29, 0.717) is 11.7 Å². The van der Waals surface area contributed by atoms with E-state index in [9.17, 15) is 4.79 Å². The van der Waals surface area contributed by atoms with E-state index in [1.54, 1.807) is 0 Å². The molecule has 0 radical (unpaired) electrons. The number of Topliss-reactive ketones (excluding diaryl/α,β-unsaturated/α-hetero) is 1. The Bertz CT molecular complexity index is 267. The first kappa shape index (κ1) is 8.49. The van der Waals surface area contributed by atoms with Crippen LogP contribution in [0, 0.1) is 11.8 Å². The number of hydrogen-bond donors (Lipinski definition) is 0. The summed E-state index contributed by atoms with van der Waals surface area (Å²) in [4.78, 5) is 11.5. The van der Waals surface area contributed by atoms with Gasteiger partial charge >= 0.3 is 0 Å². The lowest BCUT2D eigenvalue weighted by Crippen LogP contribution is -2.14. The first-order valence-electron chi connectivity index (χ1n) is 4.92. The third kappa shape index (κ3) is 1.80. The zero-order valence-electron chi connectivity index (χ0n) is 7.65. The summed E-state index contributed by atoms with van der Waals surface area (Å²) in [5.41, 5.74) is 0. The minimum absolute atomic E-state index is 0.257. The van der Waals surface area contributed by atoms with Gasteiger partial charge in [-0.1, -0.05) is 36.5 Å². The Hall–Kier alpha value is -1.11. The molecule has 1 saturated carbocycles. The first-order chi connectivity index (χ1) is 6.38. The van der Waals surface area contributed by atoms with Crippen LogP contribution in [-0.2, 0) is 4.79 Å². The van der Waals surface area contributed by atoms with Gasteiger partial charge in [0.25, 0.3) is 0 Å². The molecule has 2 rings (SSSR count). The van der Waals surface area contributed by atoms with Crippen molar-refractivity contribution in [2.24, 2.45) is 11.8 Å². The molecule has 0 aromatic heterocycles. The van der Waals surface area contributed by atoms with Crippen molar-refractivity contribution in [3.63, 3.8) is 0 Å². The van der Waals surface area contributed by atoms with E-state index in [0.717, 1.165) is 19.3 Å². The zero-order valence-corrected chi connectivity index (χ0v) is 7.65. The van der Waals surface area contributed by atoms with Gasteiger partial charge in [-0.05, 0) is 12.8 Å². The van der Waals surface area contributed by atoms with Gasteiger partial charge < -0.3 is 0 Å². The molecule has 68 valence electrons. The molecule has 0 amide bonds. The van der Waals surface area contributed by atoms with Crippen molar-refractivity contribution in [1.82, 2.24) is 0 Å². The molecule has 0 saturated heterocycles. The quantitative estimate of drug-likeness (QED) is 0.597. The van der Waals surface area contributed by atoms with Crippen molar-refractivity contribution in [1.29, 1.82) is 0 Å². The summed E-state index contributed by atoms with van der Waals surface area (Å²) in [7, 11) is 0. The van der Waals surface area contributed by atoms with E-state index in [1.165, 1.54) is 0 Å². The van der Waals surface area contributed by atoms with Crippen LogP contribution in [-0.4, -0.2) is 5.78 Å². The predicted octanol–water partition coefficient (Wildman–Crippen LogP) is 2.65. The molecule has 13 heavy (non-hydrogen) atoms. The van der Waals surface area contributed by atoms with Gasteiger partial charge in [0.15, 0.2) is 0 Å². The van der Waals surface area contributed by atoms with Crippen molar-refractivity contribution in [3.8, 4) is 0 Å². The third-order valence-corrected chi connectivity index (χ3v) is 2.82. The van der Waals surface area contributed by atoms with Crippen molar-refractivity contribution < 1.29 is 4.79 Å². The van der Waals surface area contributed by atoms with Gasteiger partial charge in [0.1, 0.15) is 5.78 Å². The molecule has 0 aromatic rings. The molecule has 2 aliphatic carbocycles. The molecule has 0 heterocycles. The zero-order chi connectivity index (χ0) is 9.10. The molecule has 0 aromatic carbocycles. The lowest BCUT2D eigenvalue weighted by molar-refractivity contribution is -0.121. The molecule has 1 atom stereocenters. The van der Waals surface area contributed by atoms with Crippen LogP contribution in [0.5, 0.6) is 0 Å². The summed E-state index contributed by atoms with van der Waals surface area (Å²) in [5, 5.41) is 0. The van der Waals surface area contributed by atoms with Gasteiger partial charge in [-0.15, -0.1) is 0 Å². The van der Waals surface area contributed by atoms with E-state index >= 15 is 0 Å². The van der Waals surface area contributed by atoms with Gasteiger partial charge in [-0.25, -0.2) is 0 Å². The summed E-state index contributed by atoms with van der Waals surface area (Å²) in [6, 6.07) is 0. The number of rotatable bonds is 1. The Morgan fingerprint density at radius 3 is 2.31 bits per heavy atom. The van der Waals surface area contributed by atoms with Gasteiger partial charge in [0.2, 0.25) is 0 Å². The van der Waals surface area contributed by atoms with Crippen LogP contribution in [0.4, 0.5) is 0 Å². The fraction of sp³-hybridized carbons (Fsp3) is 0.417. The van der Waals surface area contributed by atoms with Crippen molar-refractivity contribution >= 4 is 5.78 Å². The Balaban J connectivity index is 2.12. The second-order valence-corrected chi connectivity index (χ2v) is 3.70. The Kier molecular flexibility index (Phi) is 2.44. The van der Waals surface area contributed by atoms with Gasteiger partial charge in [-0.3, -0.25) is 4.79 Å². The maximum absolute atomic E-state index is 11.5. The van der Waals surface area contributed by atoms with Crippen LogP contribution in [0.3, 0.4) is 0 Å². The predicted molar refractivity (Wildman–Crippen MR) is 53.3 cm³/mol. The third-order valence-electron chi connectivity index (χ3n) is 2.82. The monoisotopic (exact) mass is 174 g/mol. The fourth-order valence-electron chi connectivity index (χ4n) is 2.10. The number of allylic oxidation sites excluding steroid dienone is 6. The highest BCUT2D eigenvalue weighted by Gasteiger charge is 2.29. The summed E-state index contributed by atoms with van der Waals surface area (Å²) in [6.07, 6.45) is 15.3. The van der Waals surface area contributed by atoms with Gasteiger partial charge in [0, 0.05) is 18.3 Å². The van der Waals surface area contributed by atoms with Crippen molar-refractivity contribution in [2.45, 2.75) is 19.3 Å². The van der Waals surface area contributed by atoms with E-state index < -0.39 is 0 Å². The van der Waals surface area contributed by atoms with E-state index in [1.807, 2.05) is 24.3 Å². The smallest absolute Gasteiger partial charge is 0.136 e. The summed E-state index contributed by atoms with van der Waals surface area (Å²) in [6.45, 7) is 0. The molecule has 0 aliphatic heterocycles. The number of ketones is 1. The number of carbonyl (C=O) groups excluding carboxylic acids is 1. The van der Waals surface area contributed by atoms with Gasteiger partial charge in [-0.2, -0.15) is 0 Å². The van der Waals surface area contributed by atoms with E-state index in [2.05, 4.69) is 12.2 Å². The molecule has 0 bridgehead atoms. The highest BCUT2D eigenvalue weighted by Crippen LogP contribution is 2.30. The molecule has 1 heteroatoms. The molecule has 2 aliphatic rings. The Labute approximate surface area is 78.8 Å². The molecule has 0 N–H and O–H groups in total. The minimum Gasteiger partial charge on any atom is -0.299 e. The molecule has 0 spiro atoms. The molecular weight excluding hydrogens is 160 g/mol. The van der Waals surface area contributed by atoms with Crippen molar-refractivity contribution in [3.05, 3.63) is 36.5 Å². The Morgan fingerprint density at radius 2 is 1.77 bits per heavy atom. The highest BCUT2D eigenvalue weighted by atomic mass is 16.1. The van der Waals surface area contributed by atoms with Crippen LogP contribution in [0.2, 0.25) is 0 Å². The van der Waals surface area contributed by atoms with Crippen LogP contribution in [0.15, 0.2) is 36.5 Å². The summed E-state index contributed by atoms with van der Waals surface area (Å²) in [5.74, 6) is 1.04.